The molecule has 0 saturated heterocycles. The van der Waals surface area contributed by atoms with Crippen molar-refractivity contribution < 1.29 is 4.74 Å². The van der Waals surface area contributed by atoms with Crippen LogP contribution in [-0.4, -0.2) is 15.2 Å². The number of methoxy groups -OCH3 is 1. The Hall–Kier alpha value is -1.98. The summed E-state index contributed by atoms with van der Waals surface area (Å²) in [7, 11) is -0.378. The summed E-state index contributed by atoms with van der Waals surface area (Å²) in [5.74, 6) is 3.96. The Balaban J connectivity index is 3.00. The zero-order valence-corrected chi connectivity index (χ0v) is 11.1. The second-order valence-corrected chi connectivity index (χ2v) is 6.86. The van der Waals surface area contributed by atoms with Crippen molar-refractivity contribution in [3.63, 3.8) is 0 Å². The maximum Gasteiger partial charge on any atom is 0.207 e. The van der Waals surface area contributed by atoms with Gasteiger partial charge in [-0.2, -0.15) is 0 Å². The summed E-state index contributed by atoms with van der Waals surface area (Å²) in [5.41, 5.74) is 9.78. The highest BCUT2D eigenvalue weighted by atomic mass is 28.3. The molecule has 0 amide bonds. The third-order valence-electron chi connectivity index (χ3n) is 2.53. The van der Waals surface area contributed by atoms with Gasteiger partial charge < -0.3 is 4.74 Å². The summed E-state index contributed by atoms with van der Waals surface area (Å²) >= 11 is 0. The van der Waals surface area contributed by atoms with Gasteiger partial charge >= 0.3 is 0 Å². The molecule has 1 aromatic rings. The van der Waals surface area contributed by atoms with Crippen molar-refractivity contribution in [2.45, 2.75) is 0 Å². The number of benzene rings is 1. The monoisotopic (exact) mass is 240 g/mol. The van der Waals surface area contributed by atoms with Crippen molar-refractivity contribution in [2.24, 2.45) is 0 Å². The number of hydrogen-bond acceptors (Lipinski definition) is 1. The molecule has 0 N–H and O–H groups in total. The van der Waals surface area contributed by atoms with E-state index in [0.717, 1.165) is 11.3 Å². The van der Waals surface area contributed by atoms with Crippen LogP contribution in [0.5, 0.6) is 5.75 Å². The van der Waals surface area contributed by atoms with Crippen molar-refractivity contribution in [3.8, 4) is 17.2 Å². The standard InChI is InChI=1S/C15H16OSi/c1-5-17(6-2,7-3)13-12-14-8-10-15(16-4)11-9-14/h5-11H,1-3H2,4H3. The third kappa shape index (κ3) is 3.23. The first-order valence-corrected chi connectivity index (χ1v) is 7.51. The van der Waals surface area contributed by atoms with Crippen LogP contribution in [0.1, 0.15) is 5.56 Å². The van der Waals surface area contributed by atoms with Crippen molar-refractivity contribution >= 4 is 8.07 Å². The van der Waals surface area contributed by atoms with E-state index in [9.17, 15) is 0 Å². The molecule has 1 aromatic carbocycles. The minimum atomic E-state index is -2.02. The molecular formula is C15H16OSi. The molecule has 86 valence electrons. The van der Waals surface area contributed by atoms with Crippen LogP contribution in [0.2, 0.25) is 0 Å². The average Bonchev–Trinajstić information content (AvgIpc) is 2.41. The maximum absolute atomic E-state index is 5.09. The fourth-order valence-corrected chi connectivity index (χ4v) is 2.42. The van der Waals surface area contributed by atoms with E-state index in [-0.39, 0.29) is 0 Å². The second kappa shape index (κ2) is 5.93. The van der Waals surface area contributed by atoms with E-state index in [0.29, 0.717) is 0 Å². The van der Waals surface area contributed by atoms with Crippen LogP contribution in [0.15, 0.2) is 61.1 Å². The van der Waals surface area contributed by atoms with Crippen molar-refractivity contribution in [3.05, 3.63) is 66.7 Å². The van der Waals surface area contributed by atoms with Crippen LogP contribution >= 0.6 is 0 Å². The number of ether oxygens (including phenoxy) is 1. The number of hydrogen-bond donors (Lipinski definition) is 0. The fraction of sp³-hybridized carbons (Fsp3) is 0.0667. The quantitative estimate of drug-likeness (QED) is 0.580. The predicted molar refractivity (Wildman–Crippen MR) is 76.2 cm³/mol. The van der Waals surface area contributed by atoms with Gasteiger partial charge in [-0.3, -0.25) is 0 Å². The Labute approximate surface area is 104 Å². The summed E-state index contributed by atoms with van der Waals surface area (Å²) in [5, 5.41) is 0. The minimum absolute atomic E-state index is 0.829. The van der Waals surface area contributed by atoms with Crippen LogP contribution < -0.4 is 4.74 Å². The first-order chi connectivity index (χ1) is 8.19. The fourth-order valence-electron chi connectivity index (χ4n) is 1.26. The smallest absolute Gasteiger partial charge is 0.207 e. The normalized spacial score (nSPS) is 9.71. The molecule has 0 unspecified atom stereocenters. The van der Waals surface area contributed by atoms with Gasteiger partial charge in [0.15, 0.2) is 0 Å². The van der Waals surface area contributed by atoms with Crippen LogP contribution in [0.4, 0.5) is 0 Å². The second-order valence-electron chi connectivity index (χ2n) is 3.52. The van der Waals surface area contributed by atoms with Gasteiger partial charge in [0.2, 0.25) is 8.07 Å². The molecule has 0 aliphatic rings. The van der Waals surface area contributed by atoms with Gasteiger partial charge in [0.05, 0.1) is 7.11 Å². The topological polar surface area (TPSA) is 9.23 Å². The van der Waals surface area contributed by atoms with E-state index >= 15 is 0 Å². The molecule has 0 saturated carbocycles. The lowest BCUT2D eigenvalue weighted by Crippen LogP contribution is -2.24. The largest absolute Gasteiger partial charge is 0.497 e. The number of rotatable bonds is 4. The average molecular weight is 240 g/mol. The van der Waals surface area contributed by atoms with Gasteiger partial charge in [-0.15, -0.1) is 25.3 Å². The van der Waals surface area contributed by atoms with Gasteiger partial charge in [0, 0.05) is 5.56 Å². The van der Waals surface area contributed by atoms with Crippen molar-refractivity contribution in [1.29, 1.82) is 0 Å². The van der Waals surface area contributed by atoms with Crippen molar-refractivity contribution in [1.82, 2.24) is 0 Å². The Bertz CT molecular complexity index is 452. The minimum Gasteiger partial charge on any atom is -0.497 e. The van der Waals surface area contributed by atoms with E-state index in [4.69, 9.17) is 4.74 Å². The summed E-state index contributed by atoms with van der Waals surface area (Å²) in [4.78, 5) is 0. The van der Waals surface area contributed by atoms with E-state index in [1.807, 2.05) is 41.4 Å². The molecule has 2 heteroatoms. The van der Waals surface area contributed by atoms with Gasteiger partial charge in [0.25, 0.3) is 0 Å². The highest BCUT2D eigenvalue weighted by molar-refractivity contribution is 6.99. The summed E-state index contributed by atoms with van der Waals surface area (Å²) < 4.78 is 5.09. The molecule has 0 aromatic heterocycles. The molecule has 0 spiro atoms. The molecule has 0 radical (unpaired) electrons. The van der Waals surface area contributed by atoms with Crippen molar-refractivity contribution in [2.75, 3.05) is 7.11 Å². The lowest BCUT2D eigenvalue weighted by Gasteiger charge is -2.09. The Morgan fingerprint density at radius 2 is 1.59 bits per heavy atom. The molecular weight excluding hydrogens is 224 g/mol. The van der Waals surface area contributed by atoms with E-state index < -0.39 is 8.07 Å². The van der Waals surface area contributed by atoms with E-state index in [1.54, 1.807) is 7.11 Å². The molecule has 1 rings (SSSR count). The van der Waals surface area contributed by atoms with Crippen LogP contribution in [0, 0.1) is 11.5 Å². The predicted octanol–water partition coefficient (Wildman–Crippen LogP) is 3.21. The molecule has 0 bridgehead atoms. The Morgan fingerprint density at radius 1 is 1.06 bits per heavy atom. The van der Waals surface area contributed by atoms with Crippen LogP contribution in [0.25, 0.3) is 0 Å². The van der Waals surface area contributed by atoms with Crippen LogP contribution in [-0.2, 0) is 0 Å². The molecule has 0 fully saturated rings. The lowest BCUT2D eigenvalue weighted by molar-refractivity contribution is 0.415. The summed E-state index contributed by atoms with van der Waals surface area (Å²) in [6.45, 7) is 11.4. The van der Waals surface area contributed by atoms with Crippen LogP contribution in [0.3, 0.4) is 0 Å². The van der Waals surface area contributed by atoms with Gasteiger partial charge in [-0.1, -0.05) is 23.0 Å². The zero-order valence-electron chi connectivity index (χ0n) is 10.1. The molecule has 0 aliphatic carbocycles. The summed E-state index contributed by atoms with van der Waals surface area (Å²) in [6.07, 6.45) is 0. The molecule has 0 heterocycles. The van der Waals surface area contributed by atoms with E-state index in [2.05, 4.69) is 31.2 Å². The van der Waals surface area contributed by atoms with E-state index in [1.165, 1.54) is 0 Å². The van der Waals surface area contributed by atoms with Gasteiger partial charge in [-0.05, 0) is 24.3 Å². The Kier molecular flexibility index (Phi) is 4.56. The van der Waals surface area contributed by atoms with Gasteiger partial charge in [0.1, 0.15) is 5.75 Å². The SMILES string of the molecule is C=C[Si](C#Cc1ccc(OC)cc1)(C=C)C=C. The first kappa shape index (κ1) is 13.1. The Morgan fingerprint density at radius 3 is 2.00 bits per heavy atom. The maximum atomic E-state index is 5.09. The highest BCUT2D eigenvalue weighted by Gasteiger charge is 2.17. The molecule has 0 aliphatic heterocycles. The molecule has 17 heavy (non-hydrogen) atoms. The molecule has 0 atom stereocenters. The summed E-state index contributed by atoms with van der Waals surface area (Å²) in [6, 6.07) is 7.65. The highest BCUT2D eigenvalue weighted by Crippen LogP contribution is 2.11. The molecule has 1 nitrogen and oxygen atoms in total. The lowest BCUT2D eigenvalue weighted by atomic mass is 10.2. The first-order valence-electron chi connectivity index (χ1n) is 5.27. The van der Waals surface area contributed by atoms with Gasteiger partial charge in [-0.25, -0.2) is 0 Å². The third-order valence-corrected chi connectivity index (χ3v) is 5.11. The zero-order chi connectivity index (χ0) is 12.7.